The number of carbonyl (C=O) groups is 2. The first-order valence-corrected chi connectivity index (χ1v) is 17.3. The van der Waals surface area contributed by atoms with Gasteiger partial charge in [0.15, 0.2) is 0 Å². The van der Waals surface area contributed by atoms with Gasteiger partial charge in [-0.05, 0) is 82.0 Å². The average Bonchev–Trinajstić information content (AvgIpc) is 2.99. The molecule has 0 saturated heterocycles. The maximum absolute atomic E-state index is 14.2. The molecule has 3 aromatic carbocycles. The highest BCUT2D eigenvalue weighted by molar-refractivity contribution is 7.98. The second-order valence-corrected chi connectivity index (χ2v) is 13.4. The normalized spacial score (nSPS) is 12.7. The highest BCUT2D eigenvalue weighted by Gasteiger charge is 2.34. The number of anilines is 1. The van der Waals surface area contributed by atoms with Gasteiger partial charge in [0.25, 0.3) is 10.0 Å². The van der Waals surface area contributed by atoms with Crippen LogP contribution in [0.5, 0.6) is 5.75 Å². The fourth-order valence-corrected chi connectivity index (χ4v) is 6.58. The van der Waals surface area contributed by atoms with Crippen molar-refractivity contribution in [2.24, 2.45) is 0 Å². The molecule has 0 radical (unpaired) electrons. The zero-order valence-electron chi connectivity index (χ0n) is 24.8. The topological polar surface area (TPSA) is 96.0 Å². The number of rotatable bonds is 14. The van der Waals surface area contributed by atoms with Crippen molar-refractivity contribution in [3.63, 3.8) is 0 Å². The minimum Gasteiger partial charge on any atom is -0.492 e. The van der Waals surface area contributed by atoms with E-state index in [1.165, 1.54) is 28.8 Å². The van der Waals surface area contributed by atoms with Gasteiger partial charge in [-0.25, -0.2) is 8.42 Å². The summed E-state index contributed by atoms with van der Waals surface area (Å²) in [4.78, 5) is 29.7. The van der Waals surface area contributed by atoms with Crippen LogP contribution in [0.1, 0.15) is 39.7 Å². The maximum atomic E-state index is 14.2. The van der Waals surface area contributed by atoms with E-state index in [2.05, 4.69) is 5.32 Å². The number of para-hydroxylation sites is 2. The van der Waals surface area contributed by atoms with E-state index in [4.69, 9.17) is 27.9 Å². The molecule has 0 aliphatic rings. The minimum absolute atomic E-state index is 0.00709. The van der Waals surface area contributed by atoms with Gasteiger partial charge in [-0.1, -0.05) is 48.3 Å². The number of carbonyl (C=O) groups excluding carboxylic acids is 2. The summed E-state index contributed by atoms with van der Waals surface area (Å²) in [5, 5.41) is 3.54. The van der Waals surface area contributed by atoms with E-state index in [-0.39, 0.29) is 35.7 Å². The highest BCUT2D eigenvalue weighted by atomic mass is 35.5. The van der Waals surface area contributed by atoms with Crippen molar-refractivity contribution >= 4 is 62.5 Å². The predicted octanol–water partition coefficient (Wildman–Crippen LogP) is 6.64. The lowest BCUT2D eigenvalue weighted by Crippen LogP contribution is -2.52. The molecular formula is C31H37Cl2N3O5S2. The van der Waals surface area contributed by atoms with Crippen LogP contribution in [0.25, 0.3) is 0 Å². The number of nitrogens with one attached hydrogen (secondary N) is 1. The van der Waals surface area contributed by atoms with Crippen molar-refractivity contribution in [1.29, 1.82) is 0 Å². The summed E-state index contributed by atoms with van der Waals surface area (Å²) >= 11 is 14.4. The van der Waals surface area contributed by atoms with Crippen LogP contribution >= 0.6 is 35.0 Å². The maximum Gasteiger partial charge on any atom is 0.264 e. The van der Waals surface area contributed by atoms with Gasteiger partial charge in [0, 0.05) is 33.1 Å². The monoisotopic (exact) mass is 665 g/mol. The Morgan fingerprint density at radius 2 is 1.58 bits per heavy atom. The third-order valence-electron chi connectivity index (χ3n) is 6.92. The lowest BCUT2D eigenvalue weighted by molar-refractivity contribution is -0.139. The Morgan fingerprint density at radius 3 is 2.16 bits per heavy atom. The third-order valence-corrected chi connectivity index (χ3v) is 10.1. The standard InChI is InChI=1S/C31H37Cl2N3O5S2/c1-6-21(3)34-31(38)22(4)35(19-25-26(32)11-10-12-27(25)33)30(37)20-36(28-13-8-9-14-29(28)41-7-2)43(39,40)24-17-15-23(42-5)16-18-24/h8-18,21-22H,6-7,19-20H2,1-5H3,(H,34,38)/t21-,22+/m1/s1. The minimum atomic E-state index is -4.26. The Kier molecular flexibility index (Phi) is 12.6. The number of ether oxygens (including phenoxy) is 1. The van der Waals surface area contributed by atoms with Crippen molar-refractivity contribution in [2.45, 2.75) is 62.5 Å². The van der Waals surface area contributed by atoms with Crippen LogP contribution in [0.3, 0.4) is 0 Å². The van der Waals surface area contributed by atoms with Crippen LogP contribution in [-0.4, -0.2) is 56.6 Å². The van der Waals surface area contributed by atoms with E-state index in [9.17, 15) is 18.0 Å². The molecule has 8 nitrogen and oxygen atoms in total. The molecule has 0 spiro atoms. The molecule has 232 valence electrons. The molecule has 2 amide bonds. The number of nitrogens with zero attached hydrogens (tertiary/aromatic N) is 2. The van der Waals surface area contributed by atoms with Crippen LogP contribution in [0.15, 0.2) is 76.5 Å². The molecule has 1 N–H and O–H groups in total. The van der Waals surface area contributed by atoms with Gasteiger partial charge in [0.05, 0.1) is 17.2 Å². The molecule has 0 aliphatic heterocycles. The molecule has 0 heterocycles. The van der Waals surface area contributed by atoms with Gasteiger partial charge in [-0.15, -0.1) is 11.8 Å². The largest absolute Gasteiger partial charge is 0.492 e. The summed E-state index contributed by atoms with van der Waals surface area (Å²) in [7, 11) is -4.26. The number of hydrogen-bond acceptors (Lipinski definition) is 6. The smallest absolute Gasteiger partial charge is 0.264 e. The van der Waals surface area contributed by atoms with Crippen molar-refractivity contribution in [3.8, 4) is 5.75 Å². The molecule has 0 fully saturated rings. The summed E-state index contributed by atoms with van der Waals surface area (Å²) in [5.41, 5.74) is 0.637. The van der Waals surface area contributed by atoms with E-state index in [1.54, 1.807) is 68.4 Å². The fourth-order valence-electron chi connectivity index (χ4n) is 4.23. The second kappa shape index (κ2) is 15.7. The van der Waals surface area contributed by atoms with Gasteiger partial charge < -0.3 is 15.0 Å². The van der Waals surface area contributed by atoms with Crippen molar-refractivity contribution < 1.29 is 22.7 Å². The lowest BCUT2D eigenvalue weighted by atomic mass is 10.1. The molecule has 0 unspecified atom stereocenters. The molecule has 12 heteroatoms. The second-order valence-electron chi connectivity index (χ2n) is 9.80. The van der Waals surface area contributed by atoms with E-state index in [0.29, 0.717) is 27.8 Å². The Bertz CT molecular complexity index is 1500. The molecule has 3 aromatic rings. The van der Waals surface area contributed by atoms with Crippen LogP contribution in [0.4, 0.5) is 5.69 Å². The molecule has 43 heavy (non-hydrogen) atoms. The molecular weight excluding hydrogens is 629 g/mol. The zero-order chi connectivity index (χ0) is 31.7. The van der Waals surface area contributed by atoms with Crippen LogP contribution in [0.2, 0.25) is 10.0 Å². The summed E-state index contributed by atoms with van der Waals surface area (Å²) in [6, 6.07) is 16.9. The molecule has 0 aromatic heterocycles. The van der Waals surface area contributed by atoms with Gasteiger partial charge in [0.2, 0.25) is 11.8 Å². The van der Waals surface area contributed by atoms with Crippen LogP contribution in [0, 0.1) is 0 Å². The number of benzene rings is 3. The number of thioether (sulfide) groups is 1. The van der Waals surface area contributed by atoms with E-state index >= 15 is 0 Å². The van der Waals surface area contributed by atoms with Crippen molar-refractivity contribution in [1.82, 2.24) is 10.2 Å². The zero-order valence-corrected chi connectivity index (χ0v) is 28.0. The van der Waals surface area contributed by atoms with Crippen molar-refractivity contribution in [2.75, 3.05) is 23.7 Å². The Labute approximate surface area is 268 Å². The van der Waals surface area contributed by atoms with E-state index in [1.807, 2.05) is 20.1 Å². The molecule has 0 aliphatic carbocycles. The first kappa shape index (κ1) is 34.6. The highest BCUT2D eigenvalue weighted by Crippen LogP contribution is 2.34. The first-order valence-electron chi connectivity index (χ1n) is 13.9. The quantitative estimate of drug-likeness (QED) is 0.194. The summed E-state index contributed by atoms with van der Waals surface area (Å²) in [6.07, 6.45) is 2.59. The summed E-state index contributed by atoms with van der Waals surface area (Å²) in [5.74, 6) is -0.716. The Morgan fingerprint density at radius 1 is 0.953 bits per heavy atom. The van der Waals surface area contributed by atoms with Crippen LogP contribution < -0.4 is 14.4 Å². The van der Waals surface area contributed by atoms with Crippen LogP contribution in [-0.2, 0) is 26.2 Å². The van der Waals surface area contributed by atoms with E-state index in [0.717, 1.165) is 9.20 Å². The molecule has 2 atom stereocenters. The number of halogens is 2. The number of sulfonamides is 1. The Balaban J connectivity index is 2.12. The van der Waals surface area contributed by atoms with Gasteiger partial charge in [0.1, 0.15) is 18.3 Å². The van der Waals surface area contributed by atoms with Gasteiger partial charge >= 0.3 is 0 Å². The van der Waals surface area contributed by atoms with Gasteiger partial charge in [-0.2, -0.15) is 0 Å². The van der Waals surface area contributed by atoms with Gasteiger partial charge in [-0.3, -0.25) is 13.9 Å². The SMILES string of the molecule is CCOc1ccccc1N(CC(=O)N(Cc1c(Cl)cccc1Cl)[C@@H](C)C(=O)N[C@H](C)CC)S(=O)(=O)c1ccc(SC)cc1. The number of hydrogen-bond donors (Lipinski definition) is 1. The lowest BCUT2D eigenvalue weighted by Gasteiger charge is -2.33. The van der Waals surface area contributed by atoms with E-state index < -0.39 is 28.5 Å². The summed E-state index contributed by atoms with van der Waals surface area (Å²) in [6.45, 7) is 6.74. The third kappa shape index (κ3) is 8.59. The summed E-state index contributed by atoms with van der Waals surface area (Å²) < 4.78 is 35.1. The van der Waals surface area contributed by atoms with Crippen molar-refractivity contribution in [3.05, 3.63) is 82.3 Å². The molecule has 0 bridgehead atoms. The Hall–Kier alpha value is -2.92. The fraction of sp³-hybridized carbons (Fsp3) is 0.355. The molecule has 3 rings (SSSR count). The predicted molar refractivity (Wildman–Crippen MR) is 175 cm³/mol. The molecule has 0 saturated carbocycles. The number of amides is 2. The first-order chi connectivity index (χ1) is 20.4. The average molecular weight is 667 g/mol.